The number of benzene rings is 1. The smallest absolute Gasteiger partial charge is 0.224 e. The average Bonchev–Trinajstić information content (AvgIpc) is 2.29. The summed E-state index contributed by atoms with van der Waals surface area (Å²) in [4.78, 5) is 11.8. The van der Waals surface area contributed by atoms with E-state index in [9.17, 15) is 4.79 Å². The predicted molar refractivity (Wildman–Crippen MR) is 75.8 cm³/mol. The summed E-state index contributed by atoms with van der Waals surface area (Å²) in [5, 5.41) is 6.20. The monoisotopic (exact) mass is 248 g/mol. The quantitative estimate of drug-likeness (QED) is 0.756. The molecular weight excluding hydrogens is 224 g/mol. The summed E-state index contributed by atoms with van der Waals surface area (Å²) in [6, 6.07) is 6.68. The normalized spacial score (nSPS) is 10.7. The molecule has 3 heteroatoms. The molecule has 1 aromatic carbocycles. The molecule has 0 atom stereocenters. The van der Waals surface area contributed by atoms with Crippen LogP contribution in [0.3, 0.4) is 0 Å². The van der Waals surface area contributed by atoms with Gasteiger partial charge in [-0.25, -0.2) is 0 Å². The summed E-state index contributed by atoms with van der Waals surface area (Å²) in [5.41, 5.74) is 3.49. The molecule has 0 aromatic heterocycles. The lowest BCUT2D eigenvalue weighted by Gasteiger charge is -2.10. The molecular formula is C15H24N2O. The maximum atomic E-state index is 11.8. The molecule has 0 saturated heterocycles. The van der Waals surface area contributed by atoms with E-state index in [-0.39, 0.29) is 5.91 Å². The van der Waals surface area contributed by atoms with Gasteiger partial charge in [0.05, 0.1) is 6.42 Å². The molecule has 0 aliphatic rings. The van der Waals surface area contributed by atoms with Crippen molar-refractivity contribution in [2.75, 3.05) is 13.1 Å². The second-order valence-corrected chi connectivity index (χ2v) is 5.07. The first-order valence-electron chi connectivity index (χ1n) is 6.55. The summed E-state index contributed by atoms with van der Waals surface area (Å²) in [5.74, 6) is 0.0919. The molecule has 3 nitrogen and oxygen atoms in total. The molecule has 100 valence electrons. The zero-order valence-electron chi connectivity index (χ0n) is 11.8. The second-order valence-electron chi connectivity index (χ2n) is 5.07. The van der Waals surface area contributed by atoms with E-state index in [4.69, 9.17) is 0 Å². The van der Waals surface area contributed by atoms with E-state index in [1.54, 1.807) is 0 Å². The standard InChI is InChI=1S/C15H24N2O/c1-11(2)16-7-8-17-15(18)10-14-9-12(3)5-6-13(14)4/h5-6,9,11,16H,7-8,10H2,1-4H3,(H,17,18). The van der Waals surface area contributed by atoms with Gasteiger partial charge in [-0.2, -0.15) is 0 Å². The number of hydrogen-bond donors (Lipinski definition) is 2. The summed E-state index contributed by atoms with van der Waals surface area (Å²) < 4.78 is 0. The molecule has 0 saturated carbocycles. The Bertz CT molecular complexity index is 399. The van der Waals surface area contributed by atoms with Crippen LogP contribution in [0.5, 0.6) is 0 Å². The fourth-order valence-electron chi connectivity index (χ4n) is 1.79. The Labute approximate surface area is 110 Å². The molecule has 2 N–H and O–H groups in total. The molecule has 0 fully saturated rings. The zero-order chi connectivity index (χ0) is 13.5. The third kappa shape index (κ3) is 5.32. The molecule has 0 heterocycles. The van der Waals surface area contributed by atoms with E-state index >= 15 is 0 Å². The highest BCUT2D eigenvalue weighted by atomic mass is 16.1. The Morgan fingerprint density at radius 1 is 1.22 bits per heavy atom. The molecule has 0 bridgehead atoms. The Morgan fingerprint density at radius 2 is 1.94 bits per heavy atom. The third-order valence-corrected chi connectivity index (χ3v) is 2.86. The lowest BCUT2D eigenvalue weighted by molar-refractivity contribution is -0.120. The Morgan fingerprint density at radius 3 is 2.61 bits per heavy atom. The van der Waals surface area contributed by atoms with Crippen molar-refractivity contribution in [3.63, 3.8) is 0 Å². The van der Waals surface area contributed by atoms with E-state index in [1.165, 1.54) is 11.1 Å². The minimum Gasteiger partial charge on any atom is -0.355 e. The Hall–Kier alpha value is -1.35. The summed E-state index contributed by atoms with van der Waals surface area (Å²) in [7, 11) is 0. The molecule has 0 aliphatic carbocycles. The van der Waals surface area contributed by atoms with Gasteiger partial charge < -0.3 is 10.6 Å². The van der Waals surface area contributed by atoms with Crippen LogP contribution in [-0.4, -0.2) is 25.0 Å². The van der Waals surface area contributed by atoms with Gasteiger partial charge in [0.2, 0.25) is 5.91 Å². The highest BCUT2D eigenvalue weighted by Crippen LogP contribution is 2.11. The Balaban J connectivity index is 2.38. The van der Waals surface area contributed by atoms with Gasteiger partial charge in [0.1, 0.15) is 0 Å². The zero-order valence-corrected chi connectivity index (χ0v) is 11.8. The van der Waals surface area contributed by atoms with Gasteiger partial charge >= 0.3 is 0 Å². The van der Waals surface area contributed by atoms with Crippen molar-refractivity contribution in [3.05, 3.63) is 34.9 Å². The van der Waals surface area contributed by atoms with Crippen molar-refractivity contribution in [2.24, 2.45) is 0 Å². The van der Waals surface area contributed by atoms with Crippen molar-refractivity contribution in [3.8, 4) is 0 Å². The number of rotatable bonds is 6. The van der Waals surface area contributed by atoms with Gasteiger partial charge in [-0.3, -0.25) is 4.79 Å². The lowest BCUT2D eigenvalue weighted by Crippen LogP contribution is -2.35. The molecule has 0 unspecified atom stereocenters. The van der Waals surface area contributed by atoms with Crippen molar-refractivity contribution < 1.29 is 4.79 Å². The molecule has 0 radical (unpaired) electrons. The number of carbonyl (C=O) groups is 1. The lowest BCUT2D eigenvalue weighted by atomic mass is 10.0. The second kappa shape index (κ2) is 7.17. The van der Waals surface area contributed by atoms with Crippen molar-refractivity contribution in [1.82, 2.24) is 10.6 Å². The van der Waals surface area contributed by atoms with Gasteiger partial charge in [0.25, 0.3) is 0 Å². The molecule has 0 aliphatic heterocycles. The van der Waals surface area contributed by atoms with E-state index < -0.39 is 0 Å². The van der Waals surface area contributed by atoms with Crippen LogP contribution >= 0.6 is 0 Å². The highest BCUT2D eigenvalue weighted by molar-refractivity contribution is 5.78. The molecule has 18 heavy (non-hydrogen) atoms. The number of amides is 1. The van der Waals surface area contributed by atoms with Crippen LogP contribution in [0.1, 0.15) is 30.5 Å². The minimum absolute atomic E-state index is 0.0919. The minimum atomic E-state index is 0.0919. The van der Waals surface area contributed by atoms with Crippen LogP contribution in [0.25, 0.3) is 0 Å². The van der Waals surface area contributed by atoms with Crippen molar-refractivity contribution in [1.29, 1.82) is 0 Å². The highest BCUT2D eigenvalue weighted by Gasteiger charge is 2.05. The summed E-state index contributed by atoms with van der Waals surface area (Å²) in [6.45, 7) is 9.78. The number of nitrogens with one attached hydrogen (secondary N) is 2. The van der Waals surface area contributed by atoms with Crippen LogP contribution in [-0.2, 0) is 11.2 Å². The van der Waals surface area contributed by atoms with Gasteiger partial charge in [-0.15, -0.1) is 0 Å². The largest absolute Gasteiger partial charge is 0.355 e. The Kier molecular flexibility index (Phi) is 5.86. The first-order chi connectivity index (χ1) is 8.49. The fraction of sp³-hybridized carbons (Fsp3) is 0.533. The summed E-state index contributed by atoms with van der Waals surface area (Å²) in [6.07, 6.45) is 0.467. The maximum Gasteiger partial charge on any atom is 0.224 e. The van der Waals surface area contributed by atoms with Crippen LogP contribution in [0.2, 0.25) is 0 Å². The third-order valence-electron chi connectivity index (χ3n) is 2.86. The van der Waals surface area contributed by atoms with Crippen LogP contribution in [0, 0.1) is 13.8 Å². The van der Waals surface area contributed by atoms with E-state index in [0.29, 0.717) is 19.0 Å². The van der Waals surface area contributed by atoms with Crippen LogP contribution in [0.4, 0.5) is 0 Å². The van der Waals surface area contributed by atoms with Gasteiger partial charge in [-0.1, -0.05) is 37.6 Å². The molecule has 1 amide bonds. The first-order valence-corrected chi connectivity index (χ1v) is 6.55. The number of aryl methyl sites for hydroxylation is 2. The van der Waals surface area contributed by atoms with E-state index in [0.717, 1.165) is 12.1 Å². The maximum absolute atomic E-state index is 11.8. The molecule has 1 aromatic rings. The SMILES string of the molecule is Cc1ccc(C)c(CC(=O)NCCNC(C)C)c1. The van der Waals surface area contributed by atoms with E-state index in [2.05, 4.69) is 42.7 Å². The number of hydrogen-bond acceptors (Lipinski definition) is 2. The predicted octanol–water partition coefficient (Wildman–Crippen LogP) is 1.96. The fourth-order valence-corrected chi connectivity index (χ4v) is 1.79. The van der Waals surface area contributed by atoms with Gasteiger partial charge in [0.15, 0.2) is 0 Å². The van der Waals surface area contributed by atoms with Gasteiger partial charge in [-0.05, 0) is 25.0 Å². The van der Waals surface area contributed by atoms with Gasteiger partial charge in [0, 0.05) is 19.1 Å². The topological polar surface area (TPSA) is 41.1 Å². The molecule has 0 spiro atoms. The molecule has 1 rings (SSSR count). The van der Waals surface area contributed by atoms with Crippen molar-refractivity contribution >= 4 is 5.91 Å². The summed E-state index contributed by atoms with van der Waals surface area (Å²) >= 11 is 0. The first kappa shape index (κ1) is 14.7. The van der Waals surface area contributed by atoms with Crippen LogP contribution < -0.4 is 10.6 Å². The van der Waals surface area contributed by atoms with Crippen molar-refractivity contribution in [2.45, 2.75) is 40.2 Å². The average molecular weight is 248 g/mol. The van der Waals surface area contributed by atoms with Crippen LogP contribution in [0.15, 0.2) is 18.2 Å². The van der Waals surface area contributed by atoms with E-state index in [1.807, 2.05) is 13.8 Å². The number of carbonyl (C=O) groups excluding carboxylic acids is 1.